The Morgan fingerprint density at radius 3 is 2.36 bits per heavy atom. The summed E-state index contributed by atoms with van der Waals surface area (Å²) in [4.78, 5) is 15.0. The van der Waals surface area contributed by atoms with Crippen LogP contribution in [0.15, 0.2) is 4.99 Å². The van der Waals surface area contributed by atoms with Gasteiger partial charge in [0.2, 0.25) is 0 Å². The van der Waals surface area contributed by atoms with Crippen molar-refractivity contribution in [2.45, 2.75) is 58.8 Å². The number of aliphatic carboxylic acids is 1. The normalized spacial score (nSPS) is 14.1. The molecule has 0 saturated carbocycles. The highest BCUT2D eigenvalue weighted by Crippen LogP contribution is 2.16. The fraction of sp³-hybridized carbons (Fsp3) is 0.882. The number of quaternary nitrogens is 1. The molecule has 1 N–H and O–H groups in total. The zero-order valence-electron chi connectivity index (χ0n) is 14.8. The molecule has 0 fully saturated rings. The minimum absolute atomic E-state index is 0.0430. The minimum atomic E-state index is -0.794. The van der Waals surface area contributed by atoms with Crippen molar-refractivity contribution in [3.8, 4) is 0 Å². The van der Waals surface area contributed by atoms with E-state index in [9.17, 15) is 9.90 Å². The predicted octanol–water partition coefficient (Wildman–Crippen LogP) is 2.29. The van der Waals surface area contributed by atoms with E-state index in [1.54, 1.807) is 0 Å². The number of carbonyl (C=O) groups is 1. The number of aliphatic imine (C=N–C) groups is 1. The van der Waals surface area contributed by atoms with Crippen LogP contribution in [0.1, 0.15) is 58.8 Å². The van der Waals surface area contributed by atoms with Gasteiger partial charge in [-0.3, -0.25) is 0 Å². The first kappa shape index (κ1) is 20.9. The maximum Gasteiger partial charge on any atom is 0.359 e. The number of carboxylic acid groups (broad SMARTS) is 1. The Hall–Kier alpha value is -1.10. The van der Waals surface area contributed by atoms with Crippen LogP contribution in [-0.4, -0.2) is 55.2 Å². The summed E-state index contributed by atoms with van der Waals surface area (Å²) < 4.78 is 0.425. The molecule has 1 unspecified atom stereocenters. The van der Waals surface area contributed by atoms with E-state index in [1.807, 2.05) is 14.1 Å². The summed E-state index contributed by atoms with van der Waals surface area (Å²) in [5, 5.41) is 21.0. The van der Waals surface area contributed by atoms with Gasteiger partial charge in [-0.05, 0) is 24.7 Å². The molecule has 0 aliphatic carbocycles. The zero-order valence-corrected chi connectivity index (χ0v) is 14.8. The van der Waals surface area contributed by atoms with E-state index in [4.69, 9.17) is 5.11 Å². The van der Waals surface area contributed by atoms with Crippen LogP contribution in [0.25, 0.3) is 0 Å². The first-order valence-corrected chi connectivity index (χ1v) is 8.57. The molecule has 130 valence electrons. The predicted molar refractivity (Wildman–Crippen MR) is 88.9 cm³/mol. The van der Waals surface area contributed by atoms with E-state index in [-0.39, 0.29) is 18.4 Å². The number of hydrogen-bond donors (Lipinski definition) is 1. The number of unbranched alkanes of at least 4 members (excludes halogenated alkanes) is 2. The van der Waals surface area contributed by atoms with E-state index in [2.05, 4.69) is 18.8 Å². The van der Waals surface area contributed by atoms with Crippen molar-refractivity contribution >= 4 is 11.9 Å². The molecule has 0 heterocycles. The average Bonchev–Trinajstić information content (AvgIpc) is 2.41. The lowest BCUT2D eigenvalue weighted by atomic mass is 9.96. The van der Waals surface area contributed by atoms with Crippen LogP contribution >= 0.6 is 0 Å². The first-order valence-electron chi connectivity index (χ1n) is 8.57. The Morgan fingerprint density at radius 1 is 1.14 bits per heavy atom. The summed E-state index contributed by atoms with van der Waals surface area (Å²) in [6, 6.07) is 0. The largest absolute Gasteiger partial charge is 0.862 e. The monoisotopic (exact) mass is 314 g/mol. The Kier molecular flexibility index (Phi) is 10.9. The quantitative estimate of drug-likeness (QED) is 0.245. The fourth-order valence-corrected chi connectivity index (χ4v) is 2.64. The van der Waals surface area contributed by atoms with Gasteiger partial charge >= 0.3 is 5.97 Å². The van der Waals surface area contributed by atoms with Crippen molar-refractivity contribution in [2.24, 2.45) is 10.9 Å². The van der Waals surface area contributed by atoms with Crippen LogP contribution < -0.4 is 5.11 Å². The zero-order chi connectivity index (χ0) is 17.0. The molecular formula is C17H34N2O3. The molecule has 22 heavy (non-hydrogen) atoms. The summed E-state index contributed by atoms with van der Waals surface area (Å²) in [6.07, 6.45) is 7.08. The van der Waals surface area contributed by atoms with Crippen LogP contribution in [0.4, 0.5) is 0 Å². The lowest BCUT2D eigenvalue weighted by molar-refractivity contribution is -0.883. The molecule has 0 spiro atoms. The Balaban J connectivity index is 4.23. The van der Waals surface area contributed by atoms with Crippen LogP contribution in [0.5, 0.6) is 0 Å². The maximum atomic E-state index is 12.2. The molecule has 0 saturated heterocycles. The second-order valence-corrected chi connectivity index (χ2v) is 6.77. The van der Waals surface area contributed by atoms with Crippen LogP contribution in [-0.2, 0) is 4.79 Å². The maximum absolute atomic E-state index is 12.2. The van der Waals surface area contributed by atoms with Crippen LogP contribution in [0, 0.1) is 5.92 Å². The van der Waals surface area contributed by atoms with Crippen molar-refractivity contribution < 1.29 is 19.5 Å². The molecule has 5 nitrogen and oxygen atoms in total. The first-order chi connectivity index (χ1) is 10.3. The molecule has 0 rings (SSSR count). The number of rotatable bonds is 13. The summed E-state index contributed by atoms with van der Waals surface area (Å²) in [6.45, 7) is 5.60. The van der Waals surface area contributed by atoms with Gasteiger partial charge in [-0.2, -0.15) is 0 Å². The van der Waals surface area contributed by atoms with E-state index in [1.165, 1.54) is 12.8 Å². The third-order valence-corrected chi connectivity index (χ3v) is 3.90. The Morgan fingerprint density at radius 2 is 1.82 bits per heavy atom. The van der Waals surface area contributed by atoms with Gasteiger partial charge in [0.15, 0.2) is 6.54 Å². The summed E-state index contributed by atoms with van der Waals surface area (Å²) in [7, 11) is 3.78. The third-order valence-electron chi connectivity index (χ3n) is 3.90. The summed E-state index contributed by atoms with van der Waals surface area (Å²) in [5.41, 5.74) is 0. The van der Waals surface area contributed by atoms with E-state index >= 15 is 0 Å². The van der Waals surface area contributed by atoms with Crippen LogP contribution in [0.3, 0.4) is 0 Å². The van der Waals surface area contributed by atoms with Crippen molar-refractivity contribution in [2.75, 3.05) is 33.7 Å². The average molecular weight is 314 g/mol. The molecule has 0 aromatic heterocycles. The second-order valence-electron chi connectivity index (χ2n) is 6.77. The van der Waals surface area contributed by atoms with Crippen molar-refractivity contribution in [3.63, 3.8) is 0 Å². The number of carboxylic acids is 1. The van der Waals surface area contributed by atoms with Crippen molar-refractivity contribution in [3.05, 3.63) is 0 Å². The molecule has 0 aliphatic heterocycles. The topological polar surface area (TPSA) is 72.7 Å². The molecule has 1 atom stereocenters. The van der Waals surface area contributed by atoms with Gasteiger partial charge < -0.3 is 19.7 Å². The standard InChI is InChI=1S/C17H34N2O3/c1-5-7-8-11-15(10-6-2)17(22)18-12-9-13-19(3,4)14-16(20)21/h15H,5-14H2,1-4H3,(H-,18,20,21,22). The number of nitrogens with zero attached hydrogens (tertiary/aromatic N) is 2. The molecule has 0 aromatic carbocycles. The molecule has 0 amide bonds. The summed E-state index contributed by atoms with van der Waals surface area (Å²) in [5.74, 6) is -0.670. The highest BCUT2D eigenvalue weighted by atomic mass is 16.4. The van der Waals surface area contributed by atoms with Gasteiger partial charge in [0, 0.05) is 13.0 Å². The molecule has 0 radical (unpaired) electrons. The number of likely N-dealkylation sites (N-methyl/N-ethyl adjacent to an activating group) is 1. The molecule has 5 heteroatoms. The van der Waals surface area contributed by atoms with E-state index in [0.717, 1.165) is 38.6 Å². The van der Waals surface area contributed by atoms with E-state index < -0.39 is 5.97 Å². The minimum Gasteiger partial charge on any atom is -0.862 e. The van der Waals surface area contributed by atoms with Crippen LogP contribution in [0.2, 0.25) is 0 Å². The van der Waals surface area contributed by atoms with Gasteiger partial charge in [0.25, 0.3) is 0 Å². The van der Waals surface area contributed by atoms with E-state index in [0.29, 0.717) is 11.0 Å². The van der Waals surface area contributed by atoms with Gasteiger partial charge in [0.1, 0.15) is 0 Å². The molecule has 0 aliphatic rings. The Bertz CT molecular complexity index is 341. The highest BCUT2D eigenvalue weighted by Gasteiger charge is 2.18. The lowest BCUT2D eigenvalue weighted by Gasteiger charge is -2.27. The van der Waals surface area contributed by atoms with Gasteiger partial charge in [-0.15, -0.1) is 0 Å². The summed E-state index contributed by atoms with van der Waals surface area (Å²) >= 11 is 0. The molecular weight excluding hydrogens is 280 g/mol. The van der Waals surface area contributed by atoms with Crippen molar-refractivity contribution in [1.82, 2.24) is 0 Å². The second kappa shape index (κ2) is 11.5. The molecule has 0 aromatic rings. The SMILES string of the molecule is CCCCCC(CCC)C([O-])=NCCC[N+](C)(C)CC(=O)O. The number of hydrogen-bond acceptors (Lipinski definition) is 3. The fourth-order valence-electron chi connectivity index (χ4n) is 2.64. The van der Waals surface area contributed by atoms with Gasteiger partial charge in [-0.1, -0.05) is 39.5 Å². The lowest BCUT2D eigenvalue weighted by Crippen LogP contribution is -2.44. The highest BCUT2D eigenvalue weighted by molar-refractivity contribution is 5.74. The van der Waals surface area contributed by atoms with Gasteiger partial charge in [0.05, 0.1) is 20.6 Å². The molecule has 0 bridgehead atoms. The van der Waals surface area contributed by atoms with Gasteiger partial charge in [-0.25, -0.2) is 4.79 Å². The van der Waals surface area contributed by atoms with Crippen molar-refractivity contribution in [1.29, 1.82) is 0 Å². The smallest absolute Gasteiger partial charge is 0.359 e. The third kappa shape index (κ3) is 10.6. The Labute approximate surface area is 135 Å².